The van der Waals surface area contributed by atoms with E-state index in [1.165, 1.54) is 40.7 Å². The molecule has 0 N–H and O–H groups in total. The van der Waals surface area contributed by atoms with Crippen LogP contribution in [0.1, 0.15) is 47.1 Å². The Balaban J connectivity index is 1.63. The zero-order valence-electron chi connectivity index (χ0n) is 25.6. The van der Waals surface area contributed by atoms with Crippen LogP contribution in [0.15, 0.2) is 54.7 Å². The van der Waals surface area contributed by atoms with Gasteiger partial charge in [0.15, 0.2) is 12.2 Å². The molecule has 1 amide bonds. The molecule has 3 atom stereocenters. The largest absolute Gasteiger partial charge is 0.514 e. The molecule has 1 fully saturated rings. The van der Waals surface area contributed by atoms with Gasteiger partial charge in [-0.25, -0.2) is 14.4 Å². The summed E-state index contributed by atoms with van der Waals surface area (Å²) in [5.74, 6) is -0.0121. The van der Waals surface area contributed by atoms with Crippen molar-refractivity contribution in [1.82, 2.24) is 14.5 Å². The van der Waals surface area contributed by atoms with E-state index in [1.54, 1.807) is 47.7 Å². The Labute approximate surface area is 263 Å². The second-order valence-electron chi connectivity index (χ2n) is 12.2. The van der Waals surface area contributed by atoms with E-state index in [4.69, 9.17) is 23.7 Å². The molecule has 0 spiro atoms. The van der Waals surface area contributed by atoms with Crippen molar-refractivity contribution in [3.05, 3.63) is 70.4 Å². The molecule has 2 aromatic carbocycles. The van der Waals surface area contributed by atoms with Gasteiger partial charge in [0, 0.05) is 12.1 Å². The fraction of sp³-hybridized carbons (Fsp3) is 0.433. The number of benzene rings is 2. The average Bonchev–Trinajstić information content (AvgIpc) is 3.57. The highest BCUT2D eigenvalue weighted by molar-refractivity contribution is 7.09. The van der Waals surface area contributed by atoms with E-state index in [1.807, 2.05) is 24.3 Å². The number of nitrogens with zero attached hydrogens (tertiary/aromatic N) is 4. The van der Waals surface area contributed by atoms with E-state index < -0.39 is 52.8 Å². The topological polar surface area (TPSA) is 170 Å². The van der Waals surface area contributed by atoms with Gasteiger partial charge in [0.25, 0.3) is 5.69 Å². The van der Waals surface area contributed by atoms with Crippen LogP contribution >= 0.6 is 11.5 Å². The maximum atomic E-state index is 13.4. The van der Waals surface area contributed by atoms with Crippen LogP contribution in [0.4, 0.5) is 20.1 Å². The number of hydrogen-bond donors (Lipinski definition) is 0. The summed E-state index contributed by atoms with van der Waals surface area (Å²) in [6.45, 7) is 9.98. The number of non-ortho nitro benzene ring substituents is 1. The van der Waals surface area contributed by atoms with Crippen LogP contribution < -0.4 is 4.74 Å². The molecule has 0 radical (unpaired) electrons. The summed E-state index contributed by atoms with van der Waals surface area (Å²) < 4.78 is 31.5. The molecule has 1 aliphatic heterocycles. The molecule has 1 aliphatic rings. The fourth-order valence-electron chi connectivity index (χ4n) is 4.48. The summed E-state index contributed by atoms with van der Waals surface area (Å²) in [4.78, 5) is 51.8. The second kappa shape index (κ2) is 13.5. The van der Waals surface area contributed by atoms with Crippen molar-refractivity contribution in [2.45, 2.75) is 77.4 Å². The molecule has 240 valence electrons. The number of rotatable bonds is 7. The summed E-state index contributed by atoms with van der Waals surface area (Å²) in [6.07, 6.45) is -3.41. The minimum absolute atomic E-state index is 0.0121. The monoisotopic (exact) mass is 642 g/mol. The number of carbonyl (C=O) groups excluding carboxylic acids is 3. The number of nitro groups is 1. The number of likely N-dealkylation sites (tertiary alicyclic amines) is 1. The first-order chi connectivity index (χ1) is 21.1. The van der Waals surface area contributed by atoms with Crippen molar-refractivity contribution >= 4 is 35.6 Å². The smallest absolute Gasteiger partial charge is 0.444 e. The Morgan fingerprint density at radius 1 is 0.933 bits per heavy atom. The molecule has 0 unspecified atom stereocenters. The second-order valence-corrected chi connectivity index (χ2v) is 13.0. The van der Waals surface area contributed by atoms with Crippen molar-refractivity contribution in [1.29, 1.82) is 0 Å². The highest BCUT2D eigenvalue weighted by Gasteiger charge is 2.50. The number of carbonyl (C=O) groups is 3. The molecule has 0 aliphatic carbocycles. The molecule has 15 heteroatoms. The molecule has 1 aromatic heterocycles. The zero-order chi connectivity index (χ0) is 32.9. The van der Waals surface area contributed by atoms with E-state index >= 15 is 0 Å². The van der Waals surface area contributed by atoms with Gasteiger partial charge in [0.2, 0.25) is 0 Å². The summed E-state index contributed by atoms with van der Waals surface area (Å²) >= 11 is 1.25. The van der Waals surface area contributed by atoms with E-state index in [2.05, 4.69) is 9.59 Å². The Morgan fingerprint density at radius 3 is 2.13 bits per heavy atom. The first kappa shape index (κ1) is 33.1. The Bertz CT molecular complexity index is 1500. The van der Waals surface area contributed by atoms with E-state index in [0.717, 1.165) is 16.0 Å². The molecule has 3 aromatic rings. The summed E-state index contributed by atoms with van der Waals surface area (Å²) in [6, 6.07) is 11.5. The van der Waals surface area contributed by atoms with Crippen molar-refractivity contribution in [3.63, 3.8) is 0 Å². The fourth-order valence-corrected chi connectivity index (χ4v) is 5.00. The molecule has 45 heavy (non-hydrogen) atoms. The third-order valence-electron chi connectivity index (χ3n) is 6.31. The highest BCUT2D eigenvalue weighted by atomic mass is 32.1. The predicted octanol–water partition coefficient (Wildman–Crippen LogP) is 6.18. The maximum Gasteiger partial charge on any atom is 0.514 e. The minimum Gasteiger partial charge on any atom is -0.444 e. The molecule has 1 saturated heterocycles. The summed E-state index contributed by atoms with van der Waals surface area (Å²) in [5.41, 5.74) is -0.232. The molecule has 2 heterocycles. The van der Waals surface area contributed by atoms with E-state index in [0.29, 0.717) is 0 Å². The van der Waals surface area contributed by atoms with Gasteiger partial charge in [-0.15, -0.1) is 5.10 Å². The number of nitro benzene ring substituents is 1. The SMILES string of the molecule is CC(C)(C)OC(=O)O[C@H]1CN(C(=O)OC(C)(C)C)[C@H](Cc2ccc(-c3cnns3)cc2)[C@@H]1OC(=O)Oc1ccc([N+](=O)[O-])cc1. The van der Waals surface area contributed by atoms with Crippen molar-refractivity contribution in [3.8, 4) is 16.2 Å². The van der Waals surface area contributed by atoms with Crippen LogP contribution in [0.3, 0.4) is 0 Å². The molecular formula is C30H34N4O10S. The Hall–Kier alpha value is -4.79. The Morgan fingerprint density at radius 2 is 1.58 bits per heavy atom. The van der Waals surface area contributed by atoms with E-state index in [-0.39, 0.29) is 24.4 Å². The number of aromatic nitrogens is 2. The molecule has 14 nitrogen and oxygen atoms in total. The molecular weight excluding hydrogens is 608 g/mol. The van der Waals surface area contributed by atoms with Gasteiger partial charge in [-0.2, -0.15) is 0 Å². The van der Waals surface area contributed by atoms with Gasteiger partial charge < -0.3 is 23.7 Å². The normalized spacial score (nSPS) is 18.2. The van der Waals surface area contributed by atoms with Gasteiger partial charge >= 0.3 is 18.4 Å². The third kappa shape index (κ3) is 9.35. The van der Waals surface area contributed by atoms with Gasteiger partial charge in [0.05, 0.1) is 28.6 Å². The maximum absolute atomic E-state index is 13.4. The summed E-state index contributed by atoms with van der Waals surface area (Å²) in [5, 5.41) is 14.9. The lowest BCUT2D eigenvalue weighted by Crippen LogP contribution is -2.45. The highest BCUT2D eigenvalue weighted by Crippen LogP contribution is 2.31. The van der Waals surface area contributed by atoms with Crippen molar-refractivity contribution in [2.24, 2.45) is 0 Å². The zero-order valence-corrected chi connectivity index (χ0v) is 26.4. The van der Waals surface area contributed by atoms with Crippen LogP contribution in [0, 0.1) is 10.1 Å². The van der Waals surface area contributed by atoms with Crippen LogP contribution in [-0.2, 0) is 25.4 Å². The lowest BCUT2D eigenvalue weighted by molar-refractivity contribution is -0.384. The average molecular weight is 643 g/mol. The number of amides is 1. The molecule has 0 saturated carbocycles. The van der Waals surface area contributed by atoms with Crippen LogP contribution in [0.5, 0.6) is 5.75 Å². The summed E-state index contributed by atoms with van der Waals surface area (Å²) in [7, 11) is 0. The quantitative estimate of drug-likeness (QED) is 0.0944. The first-order valence-corrected chi connectivity index (χ1v) is 14.7. The lowest BCUT2D eigenvalue weighted by atomic mass is 9.99. The van der Waals surface area contributed by atoms with Gasteiger partial charge in [-0.05, 0) is 82.8 Å². The van der Waals surface area contributed by atoms with Crippen LogP contribution in [0.25, 0.3) is 10.4 Å². The molecule has 4 rings (SSSR count). The number of hydrogen-bond acceptors (Lipinski definition) is 13. The minimum atomic E-state index is -1.21. The van der Waals surface area contributed by atoms with Crippen molar-refractivity contribution < 1.29 is 43.0 Å². The standard InChI is InChI=1S/C30H34N4O10S/c1-29(2,3)43-26(35)33-17-23(41-28(37)44-30(4,5)6)25(42-27(36)40-21-13-11-20(12-14-21)34(38)39)22(33)15-18-7-9-19(10-8-18)24-16-31-32-45-24/h7-14,16,22-23,25H,15,17H2,1-6H3/t22-,23+,25+/m1/s1. The van der Waals surface area contributed by atoms with Gasteiger partial charge in [0.1, 0.15) is 17.0 Å². The van der Waals surface area contributed by atoms with Gasteiger partial charge in [-0.3, -0.25) is 15.0 Å². The van der Waals surface area contributed by atoms with E-state index in [9.17, 15) is 24.5 Å². The third-order valence-corrected chi connectivity index (χ3v) is 7.03. The lowest BCUT2D eigenvalue weighted by Gasteiger charge is -2.30. The Kier molecular flexibility index (Phi) is 9.91. The van der Waals surface area contributed by atoms with Crippen molar-refractivity contribution in [2.75, 3.05) is 6.54 Å². The van der Waals surface area contributed by atoms with Crippen LogP contribution in [-0.4, -0.2) is 73.8 Å². The first-order valence-electron chi connectivity index (χ1n) is 14.0. The molecule has 0 bridgehead atoms. The van der Waals surface area contributed by atoms with Crippen LogP contribution in [0.2, 0.25) is 0 Å². The van der Waals surface area contributed by atoms with Gasteiger partial charge in [-0.1, -0.05) is 28.8 Å². The predicted molar refractivity (Wildman–Crippen MR) is 161 cm³/mol. The number of ether oxygens (including phenoxy) is 5.